The number of aryl methyl sites for hydroxylation is 1. The molecular weight excluding hydrogens is 243 g/mol. The molecular formula is C14H19FN4. The van der Waals surface area contributed by atoms with Gasteiger partial charge in [0.15, 0.2) is 0 Å². The first-order chi connectivity index (χ1) is 8.88. The molecule has 0 atom stereocenters. The molecule has 0 saturated carbocycles. The van der Waals surface area contributed by atoms with Gasteiger partial charge < -0.3 is 5.32 Å². The second-order valence-electron chi connectivity index (χ2n) is 5.61. The van der Waals surface area contributed by atoms with Crippen molar-refractivity contribution in [2.45, 2.75) is 39.8 Å². The van der Waals surface area contributed by atoms with Crippen molar-refractivity contribution in [3.05, 3.63) is 41.5 Å². The second kappa shape index (κ2) is 4.99. The first-order valence-electron chi connectivity index (χ1n) is 6.28. The molecule has 0 amide bonds. The molecule has 1 N–H and O–H groups in total. The van der Waals surface area contributed by atoms with Crippen LogP contribution in [0.5, 0.6) is 0 Å². The summed E-state index contributed by atoms with van der Waals surface area (Å²) in [6.07, 6.45) is 1.88. The Morgan fingerprint density at radius 2 is 2.05 bits per heavy atom. The average molecular weight is 262 g/mol. The van der Waals surface area contributed by atoms with Gasteiger partial charge in [-0.2, -0.15) is 0 Å². The van der Waals surface area contributed by atoms with Gasteiger partial charge in [-0.25, -0.2) is 9.07 Å². The number of anilines is 1. The maximum atomic E-state index is 13.6. The predicted octanol–water partition coefficient (Wildman–Crippen LogP) is 3.09. The lowest BCUT2D eigenvalue weighted by Crippen LogP contribution is -2.22. The van der Waals surface area contributed by atoms with Crippen molar-refractivity contribution in [2.75, 3.05) is 5.32 Å². The van der Waals surface area contributed by atoms with Gasteiger partial charge in [0, 0.05) is 0 Å². The zero-order valence-electron chi connectivity index (χ0n) is 11.7. The summed E-state index contributed by atoms with van der Waals surface area (Å²) in [4.78, 5) is 0. The van der Waals surface area contributed by atoms with Gasteiger partial charge >= 0.3 is 0 Å². The topological polar surface area (TPSA) is 42.7 Å². The van der Waals surface area contributed by atoms with Crippen LogP contribution >= 0.6 is 0 Å². The van der Waals surface area contributed by atoms with Gasteiger partial charge in [-0.15, -0.1) is 5.10 Å². The number of nitrogens with zero attached hydrogens (tertiary/aromatic N) is 3. The zero-order chi connectivity index (χ0) is 14.0. The average Bonchev–Trinajstić information content (AvgIpc) is 2.77. The van der Waals surface area contributed by atoms with E-state index in [9.17, 15) is 4.39 Å². The Balaban J connectivity index is 2.09. The summed E-state index contributed by atoms with van der Waals surface area (Å²) in [7, 11) is 0. The molecule has 0 radical (unpaired) electrons. The van der Waals surface area contributed by atoms with Crippen molar-refractivity contribution in [3.8, 4) is 0 Å². The minimum absolute atomic E-state index is 0.0981. The van der Waals surface area contributed by atoms with Crippen molar-refractivity contribution in [1.29, 1.82) is 0 Å². The molecule has 4 nitrogen and oxygen atoms in total. The van der Waals surface area contributed by atoms with Crippen LogP contribution in [0.25, 0.3) is 0 Å². The fourth-order valence-corrected chi connectivity index (χ4v) is 1.74. The molecule has 0 saturated heterocycles. The van der Waals surface area contributed by atoms with Gasteiger partial charge in [0.05, 0.1) is 24.0 Å². The minimum atomic E-state index is -0.247. The van der Waals surface area contributed by atoms with Crippen molar-refractivity contribution in [3.63, 3.8) is 0 Å². The first-order valence-corrected chi connectivity index (χ1v) is 6.28. The molecule has 19 heavy (non-hydrogen) atoms. The number of rotatable bonds is 3. The smallest absolute Gasteiger partial charge is 0.146 e. The number of hydrogen-bond donors (Lipinski definition) is 1. The molecule has 1 aromatic heterocycles. The summed E-state index contributed by atoms with van der Waals surface area (Å²) in [5, 5.41) is 11.2. The molecule has 0 bridgehead atoms. The third-order valence-corrected chi connectivity index (χ3v) is 2.90. The summed E-state index contributed by atoms with van der Waals surface area (Å²) >= 11 is 0. The zero-order valence-corrected chi connectivity index (χ0v) is 11.7. The van der Waals surface area contributed by atoms with Crippen molar-refractivity contribution in [2.24, 2.45) is 0 Å². The van der Waals surface area contributed by atoms with E-state index in [1.807, 2.05) is 19.2 Å². The molecule has 0 spiro atoms. The molecule has 0 fully saturated rings. The van der Waals surface area contributed by atoms with Gasteiger partial charge in [0.1, 0.15) is 11.5 Å². The van der Waals surface area contributed by atoms with Crippen LogP contribution in [0.4, 0.5) is 10.1 Å². The van der Waals surface area contributed by atoms with E-state index >= 15 is 0 Å². The highest BCUT2D eigenvalue weighted by Crippen LogP contribution is 2.19. The van der Waals surface area contributed by atoms with Crippen molar-refractivity contribution in [1.82, 2.24) is 15.0 Å². The van der Waals surface area contributed by atoms with E-state index in [-0.39, 0.29) is 11.4 Å². The quantitative estimate of drug-likeness (QED) is 0.924. The van der Waals surface area contributed by atoms with E-state index in [0.29, 0.717) is 12.2 Å². The molecule has 2 rings (SSSR count). The van der Waals surface area contributed by atoms with Crippen molar-refractivity contribution >= 4 is 5.69 Å². The maximum absolute atomic E-state index is 13.6. The highest BCUT2D eigenvalue weighted by atomic mass is 19.1. The van der Waals surface area contributed by atoms with Crippen LogP contribution in [0.3, 0.4) is 0 Å². The molecule has 0 aliphatic rings. The Morgan fingerprint density at radius 3 is 2.63 bits per heavy atom. The molecule has 0 aliphatic carbocycles. The Morgan fingerprint density at radius 1 is 1.32 bits per heavy atom. The summed E-state index contributed by atoms with van der Waals surface area (Å²) in [5.41, 5.74) is 2.09. The molecule has 0 aliphatic heterocycles. The number of halogens is 1. The van der Waals surface area contributed by atoms with Gasteiger partial charge in [0.2, 0.25) is 0 Å². The summed E-state index contributed by atoms with van der Waals surface area (Å²) in [6.45, 7) is 8.50. The third kappa shape index (κ3) is 3.10. The fraction of sp³-hybridized carbons (Fsp3) is 0.429. The normalized spacial score (nSPS) is 11.6. The molecule has 5 heteroatoms. The van der Waals surface area contributed by atoms with Crippen LogP contribution in [0.1, 0.15) is 32.0 Å². The van der Waals surface area contributed by atoms with E-state index in [2.05, 4.69) is 36.4 Å². The van der Waals surface area contributed by atoms with E-state index in [0.717, 1.165) is 11.3 Å². The van der Waals surface area contributed by atoms with E-state index in [4.69, 9.17) is 0 Å². The Labute approximate surface area is 112 Å². The lowest BCUT2D eigenvalue weighted by molar-refractivity contribution is 0.347. The molecule has 102 valence electrons. The SMILES string of the molecule is Cc1cccc(F)c1NCc1cn(C(C)(C)C)nn1. The van der Waals surface area contributed by atoms with Crippen LogP contribution in [0.2, 0.25) is 0 Å². The summed E-state index contributed by atoms with van der Waals surface area (Å²) < 4.78 is 15.4. The number of para-hydroxylation sites is 1. The number of hydrogen-bond acceptors (Lipinski definition) is 3. The minimum Gasteiger partial charge on any atom is -0.377 e. The highest BCUT2D eigenvalue weighted by Gasteiger charge is 2.15. The van der Waals surface area contributed by atoms with Crippen molar-refractivity contribution < 1.29 is 4.39 Å². The van der Waals surface area contributed by atoms with Gasteiger partial charge in [0.25, 0.3) is 0 Å². The summed E-state index contributed by atoms with van der Waals surface area (Å²) in [6, 6.07) is 5.02. The third-order valence-electron chi connectivity index (χ3n) is 2.90. The summed E-state index contributed by atoms with van der Waals surface area (Å²) in [5.74, 6) is -0.247. The maximum Gasteiger partial charge on any atom is 0.146 e. The number of aromatic nitrogens is 3. The van der Waals surface area contributed by atoms with Crippen LogP contribution in [0, 0.1) is 12.7 Å². The Bertz CT molecular complexity index is 549. The monoisotopic (exact) mass is 262 g/mol. The Hall–Kier alpha value is -1.91. The van der Waals surface area contributed by atoms with Crippen LogP contribution in [-0.2, 0) is 12.1 Å². The van der Waals surface area contributed by atoms with Crippen LogP contribution in [0.15, 0.2) is 24.4 Å². The largest absolute Gasteiger partial charge is 0.377 e. The van der Waals surface area contributed by atoms with Crippen LogP contribution < -0.4 is 5.32 Å². The van der Waals surface area contributed by atoms with E-state index in [1.54, 1.807) is 10.7 Å². The fourth-order valence-electron chi connectivity index (χ4n) is 1.74. The number of benzene rings is 1. The second-order valence-corrected chi connectivity index (χ2v) is 5.61. The highest BCUT2D eigenvalue weighted by molar-refractivity contribution is 5.51. The van der Waals surface area contributed by atoms with E-state index < -0.39 is 0 Å². The lowest BCUT2D eigenvalue weighted by Gasteiger charge is -2.17. The molecule has 1 aromatic carbocycles. The molecule has 0 unspecified atom stereocenters. The molecule has 2 aromatic rings. The number of nitrogens with one attached hydrogen (secondary N) is 1. The van der Waals surface area contributed by atoms with Gasteiger partial charge in [-0.05, 0) is 39.3 Å². The van der Waals surface area contributed by atoms with Gasteiger partial charge in [-0.3, -0.25) is 0 Å². The Kier molecular flexibility index (Phi) is 3.55. The van der Waals surface area contributed by atoms with E-state index in [1.165, 1.54) is 6.07 Å². The first kappa shape index (κ1) is 13.5. The standard InChI is InChI=1S/C14H19FN4/c1-10-6-5-7-12(15)13(10)16-8-11-9-19(18-17-11)14(2,3)4/h5-7,9,16H,8H2,1-4H3. The van der Waals surface area contributed by atoms with Crippen LogP contribution in [-0.4, -0.2) is 15.0 Å². The van der Waals surface area contributed by atoms with Gasteiger partial charge in [-0.1, -0.05) is 17.3 Å². The molecule has 1 heterocycles. The lowest BCUT2D eigenvalue weighted by atomic mass is 10.1. The predicted molar refractivity (Wildman–Crippen MR) is 73.5 cm³/mol.